The molecule has 0 bridgehead atoms. The zero-order chi connectivity index (χ0) is 48.3. The number of nitrogens with one attached hydrogen (secondary N) is 2. The molecule has 0 aromatic heterocycles. The van der Waals surface area contributed by atoms with Crippen LogP contribution in [-0.4, -0.2) is 11.1 Å². The number of hydrogen-bond acceptors (Lipinski definition) is 2. The molecule has 0 fully saturated rings. The average Bonchev–Trinajstić information content (AvgIpc) is 3.28. The van der Waals surface area contributed by atoms with Gasteiger partial charge in [-0.25, -0.2) is 39.5 Å². The largest absolute Gasteiger partial charge is 0.638 e. The maximum Gasteiger partial charge on any atom is 0.224 e. The Morgan fingerprint density at radius 2 is 0.530 bits per heavy atom. The van der Waals surface area contributed by atoms with Crippen LogP contribution >= 0.6 is 0 Å². The van der Waals surface area contributed by atoms with Gasteiger partial charge < -0.3 is 42.5 Å². The van der Waals surface area contributed by atoms with E-state index in [0.29, 0.717) is 0 Å². The van der Waals surface area contributed by atoms with Crippen LogP contribution in [0.15, 0.2) is 121 Å². The van der Waals surface area contributed by atoms with Gasteiger partial charge in [-0.15, -0.1) is 34.9 Å². The van der Waals surface area contributed by atoms with Gasteiger partial charge in [0, 0.05) is 82.4 Å². The normalized spacial score (nSPS) is 9.67. The van der Waals surface area contributed by atoms with E-state index in [1.165, 1.54) is 0 Å². The van der Waals surface area contributed by atoms with Gasteiger partial charge in [-0.1, -0.05) is 121 Å². The van der Waals surface area contributed by atoms with Crippen LogP contribution in [0.2, 0.25) is 0 Å². The van der Waals surface area contributed by atoms with Crippen LogP contribution in [-0.2, 0) is 40.8 Å². The van der Waals surface area contributed by atoms with E-state index in [9.17, 15) is 43.9 Å². The van der Waals surface area contributed by atoms with Crippen molar-refractivity contribution in [2.75, 3.05) is 0 Å². The van der Waals surface area contributed by atoms with E-state index in [-0.39, 0.29) is 51.9 Å². The van der Waals surface area contributed by atoms with E-state index in [1.54, 1.807) is 0 Å². The van der Waals surface area contributed by atoms with Crippen LogP contribution in [0.3, 0.4) is 0 Å². The Morgan fingerprint density at radius 1 is 0.364 bits per heavy atom. The fourth-order valence-corrected chi connectivity index (χ4v) is 3.28. The molecule has 6 aromatic rings. The predicted octanol–water partition coefficient (Wildman–Crippen LogP) is 15.4. The van der Waals surface area contributed by atoms with Crippen molar-refractivity contribution in [2.45, 2.75) is 52.6 Å². The molecule has 0 aliphatic rings. The van der Waals surface area contributed by atoms with Crippen LogP contribution in [0, 0.1) is 83.4 Å². The van der Waals surface area contributed by atoms with Gasteiger partial charge in [-0.05, 0) is 0 Å². The first-order chi connectivity index (χ1) is 30.1. The van der Waals surface area contributed by atoms with Gasteiger partial charge in [0.25, 0.3) is 0 Å². The topological polar surface area (TPSA) is 89.2 Å². The molecule has 0 radical (unpaired) electrons. The number of benzene rings is 6. The third kappa shape index (κ3) is 26.7. The minimum absolute atomic E-state index is 0. The van der Waals surface area contributed by atoms with Crippen molar-refractivity contribution in [3.05, 3.63) is 236 Å². The van der Waals surface area contributed by atoms with E-state index in [4.69, 9.17) is 13.1 Å². The number of para-hydroxylation sites is 4. The molecule has 0 saturated carbocycles. The molecule has 6 rings (SSSR count). The molecule has 20 heteroatoms. The molecule has 0 aliphatic heterocycles. The molecule has 0 amide bonds. The Balaban J connectivity index is 0. The van der Waals surface area contributed by atoms with Crippen LogP contribution < -0.4 is 11.1 Å². The van der Waals surface area contributed by atoms with Crippen molar-refractivity contribution >= 4 is 22.7 Å². The predicted molar refractivity (Wildman–Crippen MR) is 227 cm³/mol. The summed E-state index contributed by atoms with van der Waals surface area (Å²) in [5, 5.41) is 0. The second-order valence-electron chi connectivity index (χ2n) is 13.9. The van der Waals surface area contributed by atoms with Crippen molar-refractivity contribution in [3.63, 3.8) is 0 Å². The van der Waals surface area contributed by atoms with E-state index in [2.05, 4.69) is 42.5 Å². The first-order valence-electron chi connectivity index (χ1n) is 18.2. The number of rotatable bonds is 8. The second kappa shape index (κ2) is 32.7. The molecule has 0 spiro atoms. The fourth-order valence-electron chi connectivity index (χ4n) is 3.28. The Hall–Kier alpha value is -5.96. The minimum atomic E-state index is -2.17. The molecule has 2 N–H and O–H groups in total. The van der Waals surface area contributed by atoms with E-state index in [0.717, 1.165) is 34.9 Å². The van der Waals surface area contributed by atoms with Crippen molar-refractivity contribution in [3.8, 4) is 0 Å². The molecule has 8 nitrogen and oxygen atoms in total. The Morgan fingerprint density at radius 3 is 0.682 bits per heavy atom. The van der Waals surface area contributed by atoms with Crippen LogP contribution in [0.1, 0.15) is 41.5 Å². The maximum atomic E-state index is 12.0. The quantitative estimate of drug-likeness (QED) is 0.0397. The van der Waals surface area contributed by atoms with Gasteiger partial charge in [0.1, 0.15) is 0 Å². The molecule has 66 heavy (non-hydrogen) atoms. The Kier molecular flexibility index (Phi) is 30.7. The summed E-state index contributed by atoms with van der Waals surface area (Å²) in [6.45, 7) is 24.3. The smallest absolute Gasteiger partial charge is 0.224 e. The van der Waals surface area contributed by atoms with Crippen molar-refractivity contribution in [1.82, 2.24) is 11.1 Å². The van der Waals surface area contributed by atoms with Gasteiger partial charge in [0.15, 0.2) is 0 Å². The van der Waals surface area contributed by atoms with Gasteiger partial charge in [-0.2, -0.15) is 0 Å². The Bertz CT molecular complexity index is 2050. The number of nitrogens with zero attached hydrogens (tertiary/aromatic N) is 6. The summed E-state index contributed by atoms with van der Waals surface area (Å²) in [7, 11) is 0. The van der Waals surface area contributed by atoms with Gasteiger partial charge in [-0.3, -0.25) is 17.6 Å². The summed E-state index contributed by atoms with van der Waals surface area (Å²) in [6.07, 6.45) is 0. The van der Waals surface area contributed by atoms with E-state index in [1.807, 2.05) is 163 Å². The minimum Gasteiger partial charge on any atom is -0.638 e. The van der Waals surface area contributed by atoms with Crippen LogP contribution in [0.5, 0.6) is 0 Å². The average molecular weight is 1110 g/mol. The molecular weight excluding hydrogens is 1070 g/mol. The van der Waals surface area contributed by atoms with Crippen molar-refractivity contribution in [2.24, 2.45) is 0 Å². The first kappa shape index (κ1) is 62.1. The third-order valence-corrected chi connectivity index (χ3v) is 6.39. The van der Waals surface area contributed by atoms with E-state index >= 15 is 0 Å². The van der Waals surface area contributed by atoms with Crippen molar-refractivity contribution < 1.29 is 84.7 Å². The Labute approximate surface area is 405 Å². The SMILES string of the molecule is Fc1[c-]c(F)c(F)c(F)c1F.Fc1[c-]c(F)c(F)c(F)c1F.[C-]#[N+]C(C)(C)C.[C-]#[N+]C(C)(C)C.[Pd].[Pd].c1ccc([N-]N[N-]c2ccccc2)cc1.c1ccc([N-]N[N-]c2ccccc2)cc1. The zero-order valence-electron chi connectivity index (χ0n) is 35.6. The fraction of sp³-hybridized carbons (Fsp3) is 0.174. The zero-order valence-corrected chi connectivity index (χ0v) is 38.8. The van der Waals surface area contributed by atoms with Gasteiger partial charge in [0.2, 0.25) is 11.1 Å². The summed E-state index contributed by atoms with van der Waals surface area (Å²) in [5.74, 6) is -20.1. The molecule has 0 atom stereocenters. The maximum absolute atomic E-state index is 12.0. The van der Waals surface area contributed by atoms with Gasteiger partial charge in [0.05, 0.1) is 58.2 Å². The summed E-state index contributed by atoms with van der Waals surface area (Å²) in [6, 6.07) is 40.6. The van der Waals surface area contributed by atoms with Crippen molar-refractivity contribution in [1.29, 1.82) is 0 Å². The van der Waals surface area contributed by atoms with E-state index < -0.39 is 58.2 Å². The summed E-state index contributed by atoms with van der Waals surface area (Å²) in [5.41, 5.74) is 24.8. The molecule has 0 aliphatic carbocycles. The first-order valence-corrected chi connectivity index (χ1v) is 18.2. The van der Waals surface area contributed by atoms with Crippen LogP contribution in [0.4, 0.5) is 66.7 Å². The molecule has 6 aromatic carbocycles. The molecule has 0 heterocycles. The number of hydrogen-bond donors (Lipinski definition) is 2. The second-order valence-corrected chi connectivity index (χ2v) is 13.9. The molecule has 0 unspecified atom stereocenters. The molecule has 0 saturated heterocycles. The summed E-state index contributed by atoms with van der Waals surface area (Å²) < 4.78 is 120. The summed E-state index contributed by atoms with van der Waals surface area (Å²) in [4.78, 5) is 6.54. The standard InChI is InChI=1S/2C12H11N3.2C6F5.2C5H9N.2Pd/c2*1-3-7-11(8-4-1)13-15-14-12-9-5-2-6-10-12;2*7-2-1-3(8)5(10)6(11)4(2)9;2*1-5(2,3)6-4;;/h2*1-10,15H;;;2*1-3H3;;/q2*-2;2*-1;;;;. The monoisotopic (exact) mass is 1110 g/mol. The summed E-state index contributed by atoms with van der Waals surface area (Å²) >= 11 is 0. The third-order valence-electron chi connectivity index (χ3n) is 6.39. The van der Waals surface area contributed by atoms with Gasteiger partial charge >= 0.3 is 0 Å². The van der Waals surface area contributed by atoms with Crippen LogP contribution in [0.25, 0.3) is 31.4 Å². The molecular formula is C46H40F10N8Pd2-6. The molecule has 360 valence electrons. The number of halogens is 10.